The fourth-order valence-corrected chi connectivity index (χ4v) is 0.905. The number of aliphatic hydroxyl groups excluding tert-OH is 1. The Morgan fingerprint density at radius 1 is 1.43 bits per heavy atom. The van der Waals surface area contributed by atoms with Crippen LogP contribution >= 0.6 is 0 Å². The number of rotatable bonds is 2. The van der Waals surface area contributed by atoms with E-state index in [1.807, 2.05) is 0 Å². The van der Waals surface area contributed by atoms with Crippen LogP contribution in [0.5, 0.6) is 0 Å². The maximum Gasteiger partial charge on any atom is 0.320 e. The van der Waals surface area contributed by atoms with Crippen molar-refractivity contribution in [2.45, 2.75) is 18.6 Å². The third-order valence-electron chi connectivity index (χ3n) is 1.58. The average Bonchev–Trinajstić information content (AvgIpc) is 2.53. The number of hydrogen-bond acceptors (Lipinski definition) is 5. The lowest BCUT2D eigenvalue weighted by Crippen LogP contribution is -2.29. The van der Waals surface area contributed by atoms with E-state index >= 15 is 0 Å². The van der Waals surface area contributed by atoms with Crippen molar-refractivity contribution < 1.29 is 24.9 Å². The van der Waals surface area contributed by atoms with Crippen LogP contribution in [0.15, 0.2) is 0 Å². The molecule has 0 bridgehead atoms. The molecule has 1 aliphatic rings. The third kappa shape index (κ3) is 5.46. The highest BCUT2D eigenvalue weighted by Gasteiger charge is 2.27. The second kappa shape index (κ2) is 6.30. The summed E-state index contributed by atoms with van der Waals surface area (Å²) < 4.78 is 0. The monoisotopic (exact) mass is 206 g/mol. The maximum absolute atomic E-state index is 10.2. The van der Waals surface area contributed by atoms with Crippen LogP contribution in [0, 0.1) is 0 Å². The molecule has 1 aliphatic heterocycles. The topological polar surface area (TPSA) is 133 Å². The van der Waals surface area contributed by atoms with Crippen molar-refractivity contribution in [2.24, 2.45) is 5.73 Å². The molecule has 6 N–H and O–H groups in total. The molecular formula is C7H14N2O5. The molecule has 1 heterocycles. The Labute approximate surface area is 80.5 Å². The summed E-state index contributed by atoms with van der Waals surface area (Å²) in [6.07, 6.45) is -0.152. The molecule has 82 valence electrons. The third-order valence-corrected chi connectivity index (χ3v) is 1.58. The molecule has 7 heteroatoms. The van der Waals surface area contributed by atoms with Crippen LogP contribution in [0.25, 0.3) is 0 Å². The predicted octanol–water partition coefficient (Wildman–Crippen LogP) is -2.18. The number of aliphatic hydroxyl groups is 1. The van der Waals surface area contributed by atoms with Gasteiger partial charge in [0.15, 0.2) is 0 Å². The van der Waals surface area contributed by atoms with E-state index in [0.717, 1.165) is 0 Å². The largest absolute Gasteiger partial charge is 0.480 e. The SMILES string of the molecule is NCC(=O)O.O=C(O)[C@@H]1C[C@@H](O)CN1. The highest BCUT2D eigenvalue weighted by molar-refractivity contribution is 5.73. The first-order chi connectivity index (χ1) is 6.47. The minimum atomic E-state index is -0.968. The normalized spacial score (nSPS) is 25.0. The van der Waals surface area contributed by atoms with E-state index in [4.69, 9.17) is 15.3 Å². The van der Waals surface area contributed by atoms with Crippen molar-refractivity contribution in [3.05, 3.63) is 0 Å². The smallest absolute Gasteiger partial charge is 0.320 e. The Morgan fingerprint density at radius 2 is 1.93 bits per heavy atom. The molecule has 0 unspecified atom stereocenters. The Morgan fingerprint density at radius 3 is 2.07 bits per heavy atom. The summed E-state index contributed by atoms with van der Waals surface area (Å²) in [6.45, 7) is 0.122. The molecule has 14 heavy (non-hydrogen) atoms. The Bertz CT molecular complexity index is 208. The second-order valence-electron chi connectivity index (χ2n) is 2.79. The summed E-state index contributed by atoms with van der Waals surface area (Å²) in [5.74, 6) is -1.85. The summed E-state index contributed by atoms with van der Waals surface area (Å²) in [7, 11) is 0. The zero-order valence-electron chi connectivity index (χ0n) is 7.51. The zero-order valence-corrected chi connectivity index (χ0v) is 7.51. The molecule has 0 aromatic heterocycles. The first-order valence-corrected chi connectivity index (χ1v) is 4.03. The quantitative estimate of drug-likeness (QED) is 0.347. The predicted molar refractivity (Wildman–Crippen MR) is 46.7 cm³/mol. The summed E-state index contributed by atoms with van der Waals surface area (Å²) in [5.41, 5.74) is 4.57. The van der Waals surface area contributed by atoms with Crippen LogP contribution in [0.2, 0.25) is 0 Å². The second-order valence-corrected chi connectivity index (χ2v) is 2.79. The standard InChI is InChI=1S/C5H9NO3.C2H5NO2/c7-3-1-4(5(8)9)6-2-3;3-1-2(4)5/h3-4,6-7H,1-2H2,(H,8,9);1,3H2,(H,4,5)/t3-,4+;/m1./s1. The molecule has 0 saturated carbocycles. The summed E-state index contributed by atoms with van der Waals surface area (Å²) in [4.78, 5) is 19.4. The number of carboxylic acids is 2. The van der Waals surface area contributed by atoms with Gasteiger partial charge in [-0.1, -0.05) is 0 Å². The number of aliphatic carboxylic acids is 2. The van der Waals surface area contributed by atoms with Gasteiger partial charge in [0.1, 0.15) is 6.04 Å². The van der Waals surface area contributed by atoms with Gasteiger partial charge < -0.3 is 26.4 Å². The van der Waals surface area contributed by atoms with Gasteiger partial charge in [-0.2, -0.15) is 0 Å². The molecule has 0 amide bonds. The van der Waals surface area contributed by atoms with E-state index in [9.17, 15) is 9.59 Å². The van der Waals surface area contributed by atoms with Gasteiger partial charge in [0.25, 0.3) is 0 Å². The summed E-state index contributed by atoms with van der Waals surface area (Å²) in [5, 5.41) is 27.4. The summed E-state index contributed by atoms with van der Waals surface area (Å²) >= 11 is 0. The molecule has 0 aromatic rings. The van der Waals surface area contributed by atoms with Crippen LogP contribution in [-0.4, -0.2) is 52.5 Å². The Balaban J connectivity index is 0.000000292. The lowest BCUT2D eigenvalue weighted by atomic mass is 10.2. The van der Waals surface area contributed by atoms with E-state index in [-0.39, 0.29) is 6.54 Å². The highest BCUT2D eigenvalue weighted by atomic mass is 16.4. The minimum Gasteiger partial charge on any atom is -0.480 e. The Kier molecular flexibility index (Phi) is 5.77. The summed E-state index contributed by atoms with van der Waals surface area (Å²) in [6, 6.07) is -0.542. The molecule has 0 aromatic carbocycles. The average molecular weight is 206 g/mol. The van der Waals surface area contributed by atoms with Crippen LogP contribution in [0.1, 0.15) is 6.42 Å². The molecule has 1 fully saturated rings. The fraction of sp³-hybridized carbons (Fsp3) is 0.714. The Hall–Kier alpha value is -1.18. The van der Waals surface area contributed by atoms with E-state index in [0.29, 0.717) is 13.0 Å². The van der Waals surface area contributed by atoms with Gasteiger partial charge in [-0.3, -0.25) is 9.59 Å². The molecule has 7 nitrogen and oxygen atoms in total. The molecule has 2 atom stereocenters. The molecule has 0 spiro atoms. The van der Waals surface area contributed by atoms with Crippen molar-refractivity contribution in [2.75, 3.05) is 13.1 Å². The van der Waals surface area contributed by atoms with Crippen LogP contribution in [0.3, 0.4) is 0 Å². The van der Waals surface area contributed by atoms with Crippen molar-refractivity contribution >= 4 is 11.9 Å². The molecule has 0 aliphatic carbocycles. The van der Waals surface area contributed by atoms with Crippen molar-refractivity contribution in [3.8, 4) is 0 Å². The molecule has 0 radical (unpaired) electrons. The van der Waals surface area contributed by atoms with E-state index < -0.39 is 24.1 Å². The first kappa shape index (κ1) is 12.8. The van der Waals surface area contributed by atoms with Gasteiger partial charge in [0.2, 0.25) is 0 Å². The van der Waals surface area contributed by atoms with Gasteiger partial charge in [-0.05, 0) is 0 Å². The van der Waals surface area contributed by atoms with Crippen LogP contribution < -0.4 is 11.1 Å². The zero-order chi connectivity index (χ0) is 11.1. The van der Waals surface area contributed by atoms with Gasteiger partial charge in [0.05, 0.1) is 12.6 Å². The van der Waals surface area contributed by atoms with Crippen LogP contribution in [-0.2, 0) is 9.59 Å². The number of carboxylic acid groups (broad SMARTS) is 2. The van der Waals surface area contributed by atoms with E-state index in [1.165, 1.54) is 0 Å². The van der Waals surface area contributed by atoms with Gasteiger partial charge >= 0.3 is 11.9 Å². The molecule has 1 saturated heterocycles. The maximum atomic E-state index is 10.2. The number of carbonyl (C=O) groups is 2. The fourth-order valence-electron chi connectivity index (χ4n) is 0.905. The number of nitrogens with one attached hydrogen (secondary N) is 1. The van der Waals surface area contributed by atoms with E-state index in [2.05, 4.69) is 11.1 Å². The number of β-amino-alcohol motifs (C(OH)–C–C–N with tert-alkyl or cyclic N) is 1. The molecule has 1 rings (SSSR count). The first-order valence-electron chi connectivity index (χ1n) is 4.03. The van der Waals surface area contributed by atoms with Crippen molar-refractivity contribution in [1.29, 1.82) is 0 Å². The molecular weight excluding hydrogens is 192 g/mol. The lowest BCUT2D eigenvalue weighted by molar-refractivity contribution is -0.139. The lowest BCUT2D eigenvalue weighted by Gasteiger charge is -1.99. The number of hydrogen-bond donors (Lipinski definition) is 5. The van der Waals surface area contributed by atoms with E-state index in [1.54, 1.807) is 0 Å². The van der Waals surface area contributed by atoms with Gasteiger partial charge in [-0.15, -0.1) is 0 Å². The van der Waals surface area contributed by atoms with Gasteiger partial charge in [-0.25, -0.2) is 0 Å². The van der Waals surface area contributed by atoms with Gasteiger partial charge in [0, 0.05) is 13.0 Å². The van der Waals surface area contributed by atoms with Crippen LogP contribution in [0.4, 0.5) is 0 Å². The van der Waals surface area contributed by atoms with Crippen molar-refractivity contribution in [1.82, 2.24) is 5.32 Å². The van der Waals surface area contributed by atoms with Crippen molar-refractivity contribution in [3.63, 3.8) is 0 Å². The minimum absolute atomic E-state index is 0.278. The number of nitrogens with two attached hydrogens (primary N) is 1. The highest BCUT2D eigenvalue weighted by Crippen LogP contribution is 2.05.